The van der Waals surface area contributed by atoms with Crippen molar-refractivity contribution >= 4 is 23.4 Å². The van der Waals surface area contributed by atoms with Crippen LogP contribution >= 0.6 is 0 Å². The molecular weight excluding hydrogens is 394 g/mol. The normalized spacial score (nSPS) is 14.6. The van der Waals surface area contributed by atoms with Gasteiger partial charge in [-0.3, -0.25) is 14.4 Å². The Morgan fingerprint density at radius 3 is 2.58 bits per heavy atom. The van der Waals surface area contributed by atoms with Gasteiger partial charge in [-0.2, -0.15) is 0 Å². The highest BCUT2D eigenvalue weighted by molar-refractivity contribution is 5.91. The van der Waals surface area contributed by atoms with Gasteiger partial charge < -0.3 is 20.3 Å². The minimum absolute atomic E-state index is 0.0980. The first-order valence-electron chi connectivity index (χ1n) is 10.5. The molecular formula is C24H29N3O4. The molecule has 1 atom stereocenters. The number of carbonyl (C=O) groups is 3. The van der Waals surface area contributed by atoms with E-state index in [0.29, 0.717) is 24.4 Å². The summed E-state index contributed by atoms with van der Waals surface area (Å²) >= 11 is 0. The Bertz CT molecular complexity index is 927. The highest BCUT2D eigenvalue weighted by Crippen LogP contribution is 2.22. The van der Waals surface area contributed by atoms with Crippen molar-refractivity contribution in [1.82, 2.24) is 10.2 Å². The first-order valence-corrected chi connectivity index (χ1v) is 10.5. The SMILES string of the molecule is COc1ccc(C(CC(=O)Nc2cccc(CN3CCCCC3=O)c2)NC(C)=O)cc1. The van der Waals surface area contributed by atoms with Crippen molar-refractivity contribution in [2.45, 2.75) is 45.2 Å². The number of hydrogen-bond acceptors (Lipinski definition) is 4. The van der Waals surface area contributed by atoms with E-state index in [2.05, 4.69) is 10.6 Å². The van der Waals surface area contributed by atoms with Crippen LogP contribution in [0.5, 0.6) is 5.75 Å². The third-order valence-electron chi connectivity index (χ3n) is 5.29. The van der Waals surface area contributed by atoms with Crippen LogP contribution in [0.3, 0.4) is 0 Å². The molecule has 1 unspecified atom stereocenters. The molecule has 1 fully saturated rings. The zero-order chi connectivity index (χ0) is 22.2. The standard InChI is InChI=1S/C24H29N3O4/c1-17(28)25-22(19-9-11-21(31-2)12-10-19)15-23(29)26-20-7-5-6-18(14-20)16-27-13-4-3-8-24(27)30/h5-7,9-12,14,22H,3-4,8,13,15-16H2,1-2H3,(H,25,28)(H,26,29). The summed E-state index contributed by atoms with van der Waals surface area (Å²) in [4.78, 5) is 38.3. The van der Waals surface area contributed by atoms with Gasteiger partial charge >= 0.3 is 0 Å². The van der Waals surface area contributed by atoms with E-state index >= 15 is 0 Å². The van der Waals surface area contributed by atoms with Crippen molar-refractivity contribution in [3.63, 3.8) is 0 Å². The zero-order valence-corrected chi connectivity index (χ0v) is 18.0. The molecule has 1 aliphatic heterocycles. The summed E-state index contributed by atoms with van der Waals surface area (Å²) in [6.07, 6.45) is 2.68. The Kier molecular flexibility index (Phi) is 7.65. The van der Waals surface area contributed by atoms with Crippen molar-refractivity contribution in [3.8, 4) is 5.75 Å². The molecule has 0 radical (unpaired) electrons. The molecule has 0 aliphatic carbocycles. The Balaban J connectivity index is 1.64. The number of ether oxygens (including phenoxy) is 1. The molecule has 1 saturated heterocycles. The first kappa shape index (κ1) is 22.3. The van der Waals surface area contributed by atoms with Gasteiger partial charge in [0.2, 0.25) is 17.7 Å². The van der Waals surface area contributed by atoms with Crippen LogP contribution in [0.15, 0.2) is 48.5 Å². The van der Waals surface area contributed by atoms with E-state index in [1.165, 1.54) is 6.92 Å². The smallest absolute Gasteiger partial charge is 0.226 e. The van der Waals surface area contributed by atoms with Gasteiger partial charge in [0.1, 0.15) is 5.75 Å². The van der Waals surface area contributed by atoms with Gasteiger partial charge in [-0.05, 0) is 48.2 Å². The van der Waals surface area contributed by atoms with E-state index in [4.69, 9.17) is 4.74 Å². The summed E-state index contributed by atoms with van der Waals surface area (Å²) in [6, 6.07) is 14.4. The lowest BCUT2D eigenvalue weighted by atomic mass is 10.0. The van der Waals surface area contributed by atoms with Crippen molar-refractivity contribution in [3.05, 3.63) is 59.7 Å². The number of nitrogens with zero attached hydrogens (tertiary/aromatic N) is 1. The average Bonchev–Trinajstić information content (AvgIpc) is 2.75. The second-order valence-corrected chi connectivity index (χ2v) is 7.75. The molecule has 7 nitrogen and oxygen atoms in total. The van der Waals surface area contributed by atoms with Crippen molar-refractivity contribution in [2.24, 2.45) is 0 Å². The maximum absolute atomic E-state index is 12.7. The number of benzene rings is 2. The molecule has 0 spiro atoms. The summed E-state index contributed by atoms with van der Waals surface area (Å²) in [5.41, 5.74) is 2.47. The van der Waals surface area contributed by atoms with E-state index in [-0.39, 0.29) is 24.1 Å². The highest BCUT2D eigenvalue weighted by Gasteiger charge is 2.19. The topological polar surface area (TPSA) is 87.7 Å². The summed E-state index contributed by atoms with van der Waals surface area (Å²) in [7, 11) is 1.59. The number of rotatable bonds is 8. The lowest BCUT2D eigenvalue weighted by molar-refractivity contribution is -0.133. The van der Waals surface area contributed by atoms with Crippen LogP contribution in [0.1, 0.15) is 49.8 Å². The van der Waals surface area contributed by atoms with Crippen LogP contribution in [0.4, 0.5) is 5.69 Å². The molecule has 2 N–H and O–H groups in total. The quantitative estimate of drug-likeness (QED) is 0.681. The Morgan fingerprint density at radius 1 is 1.13 bits per heavy atom. The lowest BCUT2D eigenvalue weighted by Crippen LogP contribution is -2.34. The van der Waals surface area contributed by atoms with Gasteiger partial charge in [-0.15, -0.1) is 0 Å². The first-order chi connectivity index (χ1) is 14.9. The largest absolute Gasteiger partial charge is 0.497 e. The molecule has 0 saturated carbocycles. The molecule has 0 aromatic heterocycles. The van der Waals surface area contributed by atoms with Crippen LogP contribution in [-0.4, -0.2) is 36.3 Å². The van der Waals surface area contributed by atoms with Crippen LogP contribution < -0.4 is 15.4 Å². The summed E-state index contributed by atoms with van der Waals surface area (Å²) in [6.45, 7) is 2.75. The van der Waals surface area contributed by atoms with Gasteiger partial charge in [-0.25, -0.2) is 0 Å². The fourth-order valence-electron chi connectivity index (χ4n) is 3.73. The van der Waals surface area contributed by atoms with Gasteiger partial charge in [0, 0.05) is 32.1 Å². The number of nitrogens with one attached hydrogen (secondary N) is 2. The Labute approximate surface area is 182 Å². The van der Waals surface area contributed by atoms with Crippen molar-refractivity contribution in [2.75, 3.05) is 19.0 Å². The van der Waals surface area contributed by atoms with E-state index in [9.17, 15) is 14.4 Å². The second kappa shape index (κ2) is 10.6. The number of amides is 3. The van der Waals surface area contributed by atoms with Crippen LogP contribution in [-0.2, 0) is 20.9 Å². The van der Waals surface area contributed by atoms with Crippen LogP contribution in [0.25, 0.3) is 0 Å². The number of anilines is 1. The molecule has 7 heteroatoms. The summed E-state index contributed by atoms with van der Waals surface area (Å²) in [5.74, 6) is 0.472. The molecule has 3 rings (SSSR count). The molecule has 2 aromatic carbocycles. The van der Waals surface area contributed by atoms with Gasteiger partial charge in [0.15, 0.2) is 0 Å². The summed E-state index contributed by atoms with van der Waals surface area (Å²) < 4.78 is 5.17. The molecule has 164 valence electrons. The number of hydrogen-bond donors (Lipinski definition) is 2. The average molecular weight is 424 g/mol. The number of likely N-dealkylation sites (tertiary alicyclic amines) is 1. The fourth-order valence-corrected chi connectivity index (χ4v) is 3.73. The molecule has 1 aliphatic rings. The second-order valence-electron chi connectivity index (χ2n) is 7.75. The Hall–Kier alpha value is -3.35. The Morgan fingerprint density at radius 2 is 1.90 bits per heavy atom. The van der Waals surface area contributed by atoms with Crippen LogP contribution in [0, 0.1) is 0 Å². The molecule has 0 bridgehead atoms. The highest BCUT2D eigenvalue weighted by atomic mass is 16.5. The molecule has 1 heterocycles. The number of piperidine rings is 1. The fraction of sp³-hybridized carbons (Fsp3) is 0.375. The van der Waals surface area contributed by atoms with E-state index in [1.807, 2.05) is 41.3 Å². The third-order valence-corrected chi connectivity index (χ3v) is 5.29. The molecule has 2 aromatic rings. The third kappa shape index (κ3) is 6.57. The van der Waals surface area contributed by atoms with Gasteiger partial charge in [-0.1, -0.05) is 24.3 Å². The number of methoxy groups -OCH3 is 1. The van der Waals surface area contributed by atoms with Gasteiger partial charge in [0.25, 0.3) is 0 Å². The maximum atomic E-state index is 12.7. The summed E-state index contributed by atoms with van der Waals surface area (Å²) in [5, 5.41) is 5.74. The van der Waals surface area contributed by atoms with Gasteiger partial charge in [0.05, 0.1) is 19.6 Å². The van der Waals surface area contributed by atoms with Crippen molar-refractivity contribution in [1.29, 1.82) is 0 Å². The monoisotopic (exact) mass is 423 g/mol. The molecule has 3 amide bonds. The predicted molar refractivity (Wildman–Crippen MR) is 119 cm³/mol. The predicted octanol–water partition coefficient (Wildman–Crippen LogP) is 3.41. The molecule has 31 heavy (non-hydrogen) atoms. The maximum Gasteiger partial charge on any atom is 0.226 e. The van der Waals surface area contributed by atoms with E-state index < -0.39 is 6.04 Å². The minimum atomic E-state index is -0.447. The van der Waals surface area contributed by atoms with Crippen molar-refractivity contribution < 1.29 is 19.1 Å². The lowest BCUT2D eigenvalue weighted by Gasteiger charge is -2.27. The van der Waals surface area contributed by atoms with E-state index in [0.717, 1.165) is 30.5 Å². The van der Waals surface area contributed by atoms with E-state index in [1.54, 1.807) is 19.2 Å². The van der Waals surface area contributed by atoms with Crippen LogP contribution in [0.2, 0.25) is 0 Å². The zero-order valence-electron chi connectivity index (χ0n) is 18.0. The number of carbonyl (C=O) groups excluding carboxylic acids is 3. The minimum Gasteiger partial charge on any atom is -0.497 e.